The molecule has 0 N–H and O–H groups in total. The fraction of sp³-hybridized carbons (Fsp3) is 0.192. The van der Waals surface area contributed by atoms with E-state index >= 15 is 0 Å². The van der Waals surface area contributed by atoms with E-state index in [0.717, 1.165) is 29.5 Å². The molecule has 0 radical (unpaired) electrons. The zero-order valence-corrected chi connectivity index (χ0v) is 17.6. The smallest absolute Gasteiger partial charge is 0.261 e. The van der Waals surface area contributed by atoms with Gasteiger partial charge in [0.05, 0.1) is 0 Å². The number of carbonyl (C=O) groups excluding carboxylic acids is 1. The number of likely N-dealkylation sites (tertiary alicyclic amines) is 1. The molecule has 32 heavy (non-hydrogen) atoms. The van der Waals surface area contributed by atoms with Gasteiger partial charge < -0.3 is 14.1 Å². The Labute approximate surface area is 186 Å². The molecule has 1 amide bonds. The summed E-state index contributed by atoms with van der Waals surface area (Å²) in [5.74, 6) is 1.52. The van der Waals surface area contributed by atoms with Crippen LogP contribution >= 0.6 is 0 Å². The van der Waals surface area contributed by atoms with Crippen molar-refractivity contribution in [3.05, 3.63) is 90.8 Å². The molecule has 160 valence electrons. The number of nitrogens with zero attached hydrogens (tertiary/aromatic N) is 3. The van der Waals surface area contributed by atoms with Crippen LogP contribution < -0.4 is 4.74 Å². The molecule has 0 aliphatic carbocycles. The molecule has 5 rings (SSSR count). The molecule has 6 nitrogen and oxygen atoms in total. The van der Waals surface area contributed by atoms with Crippen LogP contribution in [0.25, 0.3) is 22.6 Å². The Kier molecular flexibility index (Phi) is 5.66. The van der Waals surface area contributed by atoms with E-state index in [1.165, 1.54) is 0 Å². The molecule has 1 aliphatic heterocycles. The van der Waals surface area contributed by atoms with Gasteiger partial charge in [-0.05, 0) is 48.2 Å². The lowest BCUT2D eigenvalue weighted by Gasteiger charge is -2.22. The Morgan fingerprint density at radius 2 is 1.53 bits per heavy atom. The number of hydrogen-bond acceptors (Lipinski definition) is 5. The fourth-order valence-electron chi connectivity index (χ4n) is 3.99. The third-order valence-corrected chi connectivity index (χ3v) is 5.64. The summed E-state index contributed by atoms with van der Waals surface area (Å²) in [4.78, 5) is 14.5. The highest BCUT2D eigenvalue weighted by Gasteiger charge is 2.34. The first-order chi connectivity index (χ1) is 15.8. The molecular formula is C26H23N3O3. The van der Waals surface area contributed by atoms with Gasteiger partial charge in [0.1, 0.15) is 11.8 Å². The molecule has 4 aromatic rings. The first kappa shape index (κ1) is 20.0. The van der Waals surface area contributed by atoms with Crippen molar-refractivity contribution in [1.29, 1.82) is 0 Å². The van der Waals surface area contributed by atoms with Gasteiger partial charge in [-0.15, -0.1) is 10.2 Å². The molecule has 1 aromatic heterocycles. The van der Waals surface area contributed by atoms with Gasteiger partial charge >= 0.3 is 0 Å². The van der Waals surface area contributed by atoms with Crippen LogP contribution in [0.15, 0.2) is 89.3 Å². The first-order valence-electron chi connectivity index (χ1n) is 10.7. The number of amides is 1. The molecule has 0 spiro atoms. The third kappa shape index (κ3) is 4.25. The quantitative estimate of drug-likeness (QED) is 0.428. The van der Waals surface area contributed by atoms with E-state index < -0.39 is 0 Å². The molecule has 1 fully saturated rings. The lowest BCUT2D eigenvalue weighted by atomic mass is 10.0. The van der Waals surface area contributed by atoms with Crippen molar-refractivity contribution in [3.8, 4) is 28.3 Å². The summed E-state index contributed by atoms with van der Waals surface area (Å²) >= 11 is 0. The maximum absolute atomic E-state index is 12.8. The largest absolute Gasteiger partial charge is 0.484 e. The van der Waals surface area contributed by atoms with E-state index in [2.05, 4.69) is 22.3 Å². The highest BCUT2D eigenvalue weighted by molar-refractivity contribution is 5.78. The second-order valence-electron chi connectivity index (χ2n) is 7.74. The molecule has 0 bridgehead atoms. The summed E-state index contributed by atoms with van der Waals surface area (Å²) in [6.45, 7) is 0.646. The zero-order chi connectivity index (χ0) is 21.8. The molecule has 0 saturated carbocycles. The van der Waals surface area contributed by atoms with Crippen molar-refractivity contribution >= 4 is 5.91 Å². The molecule has 2 heterocycles. The van der Waals surface area contributed by atoms with Crippen molar-refractivity contribution in [3.63, 3.8) is 0 Å². The maximum atomic E-state index is 12.8. The predicted octanol–water partition coefficient (Wildman–Crippen LogP) is 5.15. The van der Waals surface area contributed by atoms with E-state index in [-0.39, 0.29) is 18.6 Å². The minimum atomic E-state index is -0.216. The standard InChI is InChI=1S/C26H23N3O3/c30-24(18-31-22-10-5-2-6-11-22)29-17-7-12-23(29)26-28-27-25(32-26)21-15-13-20(14-16-21)19-8-3-1-4-9-19/h1-6,8-11,13-16,23H,7,12,17-18H2. The second kappa shape index (κ2) is 9.06. The summed E-state index contributed by atoms with van der Waals surface area (Å²) in [6, 6.07) is 27.4. The van der Waals surface area contributed by atoms with Crippen molar-refractivity contribution < 1.29 is 13.9 Å². The van der Waals surface area contributed by atoms with Crippen LogP contribution in [0.2, 0.25) is 0 Å². The normalized spacial score (nSPS) is 15.6. The van der Waals surface area contributed by atoms with E-state index in [4.69, 9.17) is 9.15 Å². The van der Waals surface area contributed by atoms with E-state index in [0.29, 0.717) is 24.1 Å². The summed E-state index contributed by atoms with van der Waals surface area (Å²) in [5, 5.41) is 8.49. The summed E-state index contributed by atoms with van der Waals surface area (Å²) in [6.07, 6.45) is 1.69. The van der Waals surface area contributed by atoms with Crippen LogP contribution in [-0.4, -0.2) is 34.2 Å². The molecular weight excluding hydrogens is 402 g/mol. The minimum Gasteiger partial charge on any atom is -0.484 e. The van der Waals surface area contributed by atoms with Gasteiger partial charge in [-0.3, -0.25) is 4.79 Å². The third-order valence-electron chi connectivity index (χ3n) is 5.64. The topological polar surface area (TPSA) is 68.5 Å². The van der Waals surface area contributed by atoms with Crippen molar-refractivity contribution in [2.45, 2.75) is 18.9 Å². The first-order valence-corrected chi connectivity index (χ1v) is 10.7. The number of ether oxygens (including phenoxy) is 1. The van der Waals surface area contributed by atoms with Crippen molar-refractivity contribution in [2.24, 2.45) is 0 Å². The molecule has 1 unspecified atom stereocenters. The lowest BCUT2D eigenvalue weighted by molar-refractivity contribution is -0.134. The number of hydrogen-bond donors (Lipinski definition) is 0. The maximum Gasteiger partial charge on any atom is 0.261 e. The minimum absolute atomic E-state index is 0.0115. The molecule has 6 heteroatoms. The van der Waals surface area contributed by atoms with E-state index in [1.54, 1.807) is 4.90 Å². The molecule has 1 saturated heterocycles. The Bertz CT molecular complexity index is 1170. The van der Waals surface area contributed by atoms with E-state index in [9.17, 15) is 4.79 Å². The van der Waals surface area contributed by atoms with Crippen LogP contribution in [0.1, 0.15) is 24.8 Å². The average molecular weight is 425 g/mol. The number of carbonyl (C=O) groups is 1. The summed E-state index contributed by atoms with van der Waals surface area (Å²) < 4.78 is 11.6. The molecule has 1 atom stereocenters. The SMILES string of the molecule is O=C(COc1ccccc1)N1CCCC1c1nnc(-c2ccc(-c3ccccc3)cc2)o1. The summed E-state index contributed by atoms with van der Waals surface area (Å²) in [5.41, 5.74) is 3.13. The number of para-hydroxylation sites is 1. The number of benzene rings is 3. The Hall–Kier alpha value is -3.93. The highest BCUT2D eigenvalue weighted by Crippen LogP contribution is 2.33. The van der Waals surface area contributed by atoms with Gasteiger partial charge in [-0.2, -0.15) is 0 Å². The molecule has 3 aromatic carbocycles. The van der Waals surface area contributed by atoms with Gasteiger partial charge in [-0.1, -0.05) is 60.7 Å². The Morgan fingerprint density at radius 1 is 0.875 bits per heavy atom. The average Bonchev–Trinajstić information content (AvgIpc) is 3.54. The number of rotatable bonds is 6. The van der Waals surface area contributed by atoms with Crippen molar-refractivity contribution in [2.75, 3.05) is 13.2 Å². The predicted molar refractivity (Wildman–Crippen MR) is 121 cm³/mol. The van der Waals surface area contributed by atoms with Crippen molar-refractivity contribution in [1.82, 2.24) is 15.1 Å². The second-order valence-corrected chi connectivity index (χ2v) is 7.74. The van der Waals surface area contributed by atoms with Crippen LogP contribution in [0.5, 0.6) is 5.75 Å². The van der Waals surface area contributed by atoms with Crippen LogP contribution in [0.4, 0.5) is 0 Å². The van der Waals surface area contributed by atoms with Gasteiger partial charge in [-0.25, -0.2) is 0 Å². The Morgan fingerprint density at radius 3 is 2.28 bits per heavy atom. The fourth-order valence-corrected chi connectivity index (χ4v) is 3.99. The van der Waals surface area contributed by atoms with E-state index in [1.807, 2.05) is 72.8 Å². The summed E-state index contributed by atoms with van der Waals surface area (Å²) in [7, 11) is 0. The van der Waals surface area contributed by atoms with Crippen LogP contribution in [-0.2, 0) is 4.79 Å². The van der Waals surface area contributed by atoms with Gasteiger partial charge in [0.25, 0.3) is 5.91 Å². The van der Waals surface area contributed by atoms with Gasteiger partial charge in [0.15, 0.2) is 6.61 Å². The van der Waals surface area contributed by atoms with Crippen LogP contribution in [0.3, 0.4) is 0 Å². The monoisotopic (exact) mass is 425 g/mol. The highest BCUT2D eigenvalue weighted by atomic mass is 16.5. The molecule has 1 aliphatic rings. The Balaban J connectivity index is 1.27. The van der Waals surface area contributed by atoms with Crippen LogP contribution in [0, 0.1) is 0 Å². The van der Waals surface area contributed by atoms with Gasteiger partial charge in [0.2, 0.25) is 11.8 Å². The zero-order valence-electron chi connectivity index (χ0n) is 17.6. The number of aromatic nitrogens is 2. The van der Waals surface area contributed by atoms with Gasteiger partial charge in [0, 0.05) is 12.1 Å². The lowest BCUT2D eigenvalue weighted by Crippen LogP contribution is -2.34.